The molecule has 0 aliphatic carbocycles. The quantitative estimate of drug-likeness (QED) is 0.274. The molecule has 2 amide bonds. The predicted molar refractivity (Wildman–Crippen MR) is 152 cm³/mol. The monoisotopic (exact) mass is 548 g/mol. The molecule has 0 spiro atoms. The molecule has 0 radical (unpaired) electrons. The number of alkyl carbamates (subject to hydrolysis) is 1. The highest BCUT2D eigenvalue weighted by molar-refractivity contribution is 6.05. The number of pyridine rings is 2. The Hall–Kier alpha value is -4.47. The Morgan fingerprint density at radius 1 is 1.02 bits per heavy atom. The molecule has 0 bridgehead atoms. The molecule has 3 N–H and O–H groups in total. The summed E-state index contributed by atoms with van der Waals surface area (Å²) in [5, 5.41) is 14.5. The SMILES string of the molecule is CC(C)(C)OC(=O)NCCCCCCc1ccc(C(=O)Nc2ccc(=O)n(CC(=O)O)c2)cc1-c1cccnc1. The first-order valence-electron chi connectivity index (χ1n) is 13.3. The average Bonchev–Trinajstić information content (AvgIpc) is 2.89. The third kappa shape index (κ3) is 9.68. The Morgan fingerprint density at radius 3 is 2.50 bits per heavy atom. The summed E-state index contributed by atoms with van der Waals surface area (Å²) in [7, 11) is 0. The van der Waals surface area contributed by atoms with Crippen LogP contribution >= 0.6 is 0 Å². The Balaban J connectivity index is 1.62. The molecule has 0 aliphatic heterocycles. The lowest BCUT2D eigenvalue weighted by molar-refractivity contribution is -0.137. The van der Waals surface area contributed by atoms with E-state index >= 15 is 0 Å². The predicted octanol–water partition coefficient (Wildman–Crippen LogP) is 4.87. The second-order valence-electron chi connectivity index (χ2n) is 10.4. The Labute approximate surface area is 233 Å². The molecule has 40 heavy (non-hydrogen) atoms. The van der Waals surface area contributed by atoms with Crippen molar-refractivity contribution in [3.05, 3.63) is 82.5 Å². The van der Waals surface area contributed by atoms with Gasteiger partial charge in [0, 0.05) is 42.3 Å². The molecule has 212 valence electrons. The lowest BCUT2D eigenvalue weighted by Crippen LogP contribution is -2.32. The second kappa shape index (κ2) is 14.1. The molecule has 10 heteroatoms. The first kappa shape index (κ1) is 30.1. The highest BCUT2D eigenvalue weighted by atomic mass is 16.6. The normalized spacial score (nSPS) is 11.1. The van der Waals surface area contributed by atoms with E-state index in [2.05, 4.69) is 15.6 Å². The van der Waals surface area contributed by atoms with Crippen molar-refractivity contribution in [1.82, 2.24) is 14.9 Å². The Morgan fingerprint density at radius 2 is 1.80 bits per heavy atom. The van der Waals surface area contributed by atoms with E-state index in [1.807, 2.05) is 45.0 Å². The number of rotatable bonds is 12. The van der Waals surface area contributed by atoms with Crippen molar-refractivity contribution in [3.63, 3.8) is 0 Å². The Kier molecular flexibility index (Phi) is 10.6. The summed E-state index contributed by atoms with van der Waals surface area (Å²) >= 11 is 0. The number of ether oxygens (including phenoxy) is 1. The minimum Gasteiger partial charge on any atom is -0.480 e. The van der Waals surface area contributed by atoms with E-state index in [-0.39, 0.29) is 5.91 Å². The summed E-state index contributed by atoms with van der Waals surface area (Å²) in [5.74, 6) is -1.53. The molecule has 3 aromatic rings. The van der Waals surface area contributed by atoms with Gasteiger partial charge in [0.1, 0.15) is 12.1 Å². The van der Waals surface area contributed by atoms with Gasteiger partial charge in [0.25, 0.3) is 11.5 Å². The van der Waals surface area contributed by atoms with Crippen LogP contribution < -0.4 is 16.2 Å². The number of carbonyl (C=O) groups is 3. The van der Waals surface area contributed by atoms with Gasteiger partial charge in [0.2, 0.25) is 0 Å². The number of nitrogens with one attached hydrogen (secondary N) is 2. The average molecular weight is 549 g/mol. The third-order valence-corrected chi connectivity index (χ3v) is 5.93. The highest BCUT2D eigenvalue weighted by Gasteiger charge is 2.16. The molecule has 0 fully saturated rings. The van der Waals surface area contributed by atoms with Crippen molar-refractivity contribution in [2.24, 2.45) is 0 Å². The van der Waals surface area contributed by atoms with Crippen molar-refractivity contribution in [2.75, 3.05) is 11.9 Å². The van der Waals surface area contributed by atoms with Gasteiger partial charge in [-0.15, -0.1) is 0 Å². The van der Waals surface area contributed by atoms with Crippen molar-refractivity contribution >= 4 is 23.7 Å². The lowest BCUT2D eigenvalue weighted by Gasteiger charge is -2.19. The van der Waals surface area contributed by atoms with E-state index < -0.39 is 29.8 Å². The van der Waals surface area contributed by atoms with Crippen molar-refractivity contribution in [2.45, 2.75) is 65.0 Å². The number of carbonyl (C=O) groups excluding carboxylic acids is 2. The molecule has 0 atom stereocenters. The van der Waals surface area contributed by atoms with Gasteiger partial charge in [0.05, 0.1) is 5.69 Å². The minimum absolute atomic E-state index is 0.319. The van der Waals surface area contributed by atoms with Crippen LogP contribution in [0.3, 0.4) is 0 Å². The number of aliphatic carboxylic acids is 1. The van der Waals surface area contributed by atoms with E-state index in [1.54, 1.807) is 18.5 Å². The smallest absolute Gasteiger partial charge is 0.407 e. The first-order valence-corrected chi connectivity index (χ1v) is 13.3. The number of hydrogen-bond donors (Lipinski definition) is 3. The van der Waals surface area contributed by atoms with Crippen LogP contribution in [0, 0.1) is 0 Å². The molecule has 1 aromatic carbocycles. The van der Waals surface area contributed by atoms with E-state index in [1.165, 1.54) is 18.3 Å². The fraction of sp³-hybridized carbons (Fsp3) is 0.367. The minimum atomic E-state index is -1.15. The van der Waals surface area contributed by atoms with Gasteiger partial charge in [-0.2, -0.15) is 0 Å². The van der Waals surface area contributed by atoms with Crippen LogP contribution in [0.25, 0.3) is 11.1 Å². The largest absolute Gasteiger partial charge is 0.480 e. The summed E-state index contributed by atoms with van der Waals surface area (Å²) in [4.78, 5) is 51.9. The van der Waals surface area contributed by atoms with Crippen LogP contribution in [-0.2, 0) is 22.5 Å². The fourth-order valence-corrected chi connectivity index (χ4v) is 4.10. The molecule has 0 saturated carbocycles. The van der Waals surface area contributed by atoms with Gasteiger partial charge in [-0.3, -0.25) is 19.4 Å². The van der Waals surface area contributed by atoms with Gasteiger partial charge in [-0.1, -0.05) is 25.0 Å². The zero-order chi connectivity index (χ0) is 29.1. The summed E-state index contributed by atoms with van der Waals surface area (Å²) < 4.78 is 6.27. The maximum absolute atomic E-state index is 13.0. The van der Waals surface area contributed by atoms with E-state index in [0.717, 1.165) is 53.4 Å². The lowest BCUT2D eigenvalue weighted by atomic mass is 9.94. The van der Waals surface area contributed by atoms with Crippen LogP contribution in [-0.4, -0.2) is 44.8 Å². The number of aryl methyl sites for hydroxylation is 1. The van der Waals surface area contributed by atoms with Crippen LogP contribution in [0.15, 0.2) is 65.8 Å². The highest BCUT2D eigenvalue weighted by Crippen LogP contribution is 2.27. The summed E-state index contributed by atoms with van der Waals surface area (Å²) in [6, 6.07) is 12.0. The van der Waals surface area contributed by atoms with Gasteiger partial charge in [-0.05, 0) is 75.4 Å². The maximum Gasteiger partial charge on any atom is 0.407 e. The first-order chi connectivity index (χ1) is 19.0. The van der Waals surface area contributed by atoms with E-state index in [0.29, 0.717) is 17.8 Å². The number of anilines is 1. The number of aromatic nitrogens is 2. The van der Waals surface area contributed by atoms with Crippen molar-refractivity contribution in [1.29, 1.82) is 0 Å². The molecule has 0 unspecified atom stereocenters. The molecule has 10 nitrogen and oxygen atoms in total. The summed E-state index contributed by atoms with van der Waals surface area (Å²) in [6.45, 7) is 5.56. The summed E-state index contributed by atoms with van der Waals surface area (Å²) in [5.41, 5.74) is 2.65. The molecule has 0 aliphatic rings. The zero-order valence-corrected chi connectivity index (χ0v) is 23.1. The Bertz CT molecular complexity index is 1380. The van der Waals surface area contributed by atoms with Gasteiger partial charge in [-0.25, -0.2) is 4.79 Å². The molecular formula is C30H36N4O6. The van der Waals surface area contributed by atoms with Crippen molar-refractivity contribution in [3.8, 4) is 11.1 Å². The fourth-order valence-electron chi connectivity index (χ4n) is 4.10. The number of hydrogen-bond acceptors (Lipinski definition) is 6. The van der Waals surface area contributed by atoms with Gasteiger partial charge >= 0.3 is 12.1 Å². The van der Waals surface area contributed by atoms with Crippen LogP contribution in [0.5, 0.6) is 0 Å². The van der Waals surface area contributed by atoms with E-state index in [9.17, 15) is 19.2 Å². The number of carboxylic acids is 1. The summed E-state index contributed by atoms with van der Waals surface area (Å²) in [6.07, 6.45) is 8.91. The molecule has 0 saturated heterocycles. The topological polar surface area (TPSA) is 140 Å². The molecule has 2 aromatic heterocycles. The standard InChI is InChI=1S/C30H36N4O6/c1-30(2,3)40-29(39)32-16-7-5-4-6-9-21-11-12-22(17-25(21)23-10-8-15-31-18-23)28(38)33-24-13-14-26(35)34(19-24)20-27(36)37/h8,10-15,17-19H,4-7,9,16,20H2,1-3H3,(H,32,39)(H,33,38)(H,36,37). The number of unbranched alkanes of at least 4 members (excludes halogenated alkanes) is 3. The van der Waals surface area contributed by atoms with Crippen LogP contribution in [0.2, 0.25) is 0 Å². The third-order valence-electron chi connectivity index (χ3n) is 5.93. The van der Waals surface area contributed by atoms with E-state index in [4.69, 9.17) is 9.84 Å². The van der Waals surface area contributed by atoms with Crippen molar-refractivity contribution < 1.29 is 24.2 Å². The van der Waals surface area contributed by atoms with Gasteiger partial charge in [0.15, 0.2) is 0 Å². The molecule has 2 heterocycles. The number of carboxylic acid groups (broad SMARTS) is 1. The number of nitrogens with zero attached hydrogens (tertiary/aromatic N) is 2. The molecular weight excluding hydrogens is 512 g/mol. The van der Waals surface area contributed by atoms with Gasteiger partial charge < -0.3 is 25.0 Å². The number of amides is 2. The number of benzene rings is 1. The van der Waals surface area contributed by atoms with Crippen LogP contribution in [0.4, 0.5) is 10.5 Å². The zero-order valence-electron chi connectivity index (χ0n) is 23.1. The maximum atomic E-state index is 13.0. The molecule has 3 rings (SSSR count). The van der Waals surface area contributed by atoms with Crippen LogP contribution in [0.1, 0.15) is 62.4 Å². The second-order valence-corrected chi connectivity index (χ2v) is 10.4.